The number of nitrogens with zero attached hydrogens (tertiary/aromatic N) is 3. The molecule has 0 spiro atoms. The van der Waals surface area contributed by atoms with E-state index in [9.17, 15) is 22.4 Å². The average Bonchev–Trinajstić information content (AvgIpc) is 2.77. The third-order valence-corrected chi connectivity index (χ3v) is 3.81. The van der Waals surface area contributed by atoms with Crippen LogP contribution in [0.5, 0.6) is 0 Å². The summed E-state index contributed by atoms with van der Waals surface area (Å²) in [6.07, 6.45) is -4.65. The first-order valence-corrected chi connectivity index (χ1v) is 7.07. The molecule has 0 aliphatic rings. The molecule has 0 N–H and O–H groups in total. The highest BCUT2D eigenvalue weighted by Crippen LogP contribution is 2.35. The van der Waals surface area contributed by atoms with E-state index in [1.807, 2.05) is 0 Å². The highest BCUT2D eigenvalue weighted by Gasteiger charge is 2.35. The molecule has 126 valence electrons. The summed E-state index contributed by atoms with van der Waals surface area (Å²) in [5.74, 6) is -0.431. The first-order chi connectivity index (χ1) is 11.2. The minimum absolute atomic E-state index is 0.0206. The maximum Gasteiger partial charge on any atom is 0.417 e. The molecule has 24 heavy (non-hydrogen) atoms. The summed E-state index contributed by atoms with van der Waals surface area (Å²) < 4.78 is 55.3. The minimum atomic E-state index is -4.65. The predicted octanol–water partition coefficient (Wildman–Crippen LogP) is 3.25. The van der Waals surface area contributed by atoms with Crippen LogP contribution in [0.15, 0.2) is 35.1 Å². The van der Waals surface area contributed by atoms with Gasteiger partial charge in [0.05, 0.1) is 23.2 Å². The van der Waals surface area contributed by atoms with Crippen LogP contribution >= 0.6 is 0 Å². The Morgan fingerprint density at radius 1 is 1.17 bits per heavy atom. The standard InChI is InChI=1S/C16H13F4N3O/c1-9-14-12(16(18,19)20)7-13(24)23(15(14)22(2)21-9)8-10-3-5-11(17)6-4-10/h3-7H,8H2,1-2H3. The van der Waals surface area contributed by atoms with E-state index in [1.54, 1.807) is 0 Å². The topological polar surface area (TPSA) is 39.8 Å². The fourth-order valence-electron chi connectivity index (χ4n) is 2.80. The molecular formula is C16H13F4N3O. The van der Waals surface area contributed by atoms with Crippen molar-refractivity contribution in [1.82, 2.24) is 14.3 Å². The monoisotopic (exact) mass is 339 g/mol. The number of rotatable bonds is 2. The van der Waals surface area contributed by atoms with Gasteiger partial charge in [0.15, 0.2) is 0 Å². The van der Waals surface area contributed by atoms with Gasteiger partial charge in [-0.25, -0.2) is 4.39 Å². The summed E-state index contributed by atoms with van der Waals surface area (Å²) in [5.41, 5.74) is -0.923. The van der Waals surface area contributed by atoms with Crippen LogP contribution in [0.25, 0.3) is 11.0 Å². The summed E-state index contributed by atoms with van der Waals surface area (Å²) >= 11 is 0. The van der Waals surface area contributed by atoms with Crippen LogP contribution in [0.3, 0.4) is 0 Å². The lowest BCUT2D eigenvalue weighted by atomic mass is 10.1. The molecule has 4 nitrogen and oxygen atoms in total. The van der Waals surface area contributed by atoms with Gasteiger partial charge in [0.1, 0.15) is 11.5 Å². The van der Waals surface area contributed by atoms with Crippen LogP contribution < -0.4 is 5.56 Å². The van der Waals surface area contributed by atoms with Crippen molar-refractivity contribution in [3.05, 3.63) is 63.3 Å². The van der Waals surface area contributed by atoms with E-state index in [2.05, 4.69) is 5.10 Å². The summed E-state index contributed by atoms with van der Waals surface area (Å²) in [4.78, 5) is 12.3. The molecule has 0 aliphatic heterocycles. The van der Waals surface area contributed by atoms with Gasteiger partial charge in [0, 0.05) is 13.1 Å². The summed E-state index contributed by atoms with van der Waals surface area (Å²) in [5, 5.41) is 3.91. The quantitative estimate of drug-likeness (QED) is 0.673. The smallest absolute Gasteiger partial charge is 0.288 e. The summed E-state index contributed by atoms with van der Waals surface area (Å²) in [6.45, 7) is 1.48. The Hall–Kier alpha value is -2.64. The molecule has 0 saturated carbocycles. The molecule has 3 rings (SSSR count). The van der Waals surface area contributed by atoms with Gasteiger partial charge in [-0.2, -0.15) is 18.3 Å². The minimum Gasteiger partial charge on any atom is -0.288 e. The Kier molecular flexibility index (Phi) is 3.70. The van der Waals surface area contributed by atoms with E-state index >= 15 is 0 Å². The van der Waals surface area contributed by atoms with Gasteiger partial charge in [-0.05, 0) is 24.6 Å². The maximum absolute atomic E-state index is 13.3. The van der Waals surface area contributed by atoms with E-state index in [-0.39, 0.29) is 23.3 Å². The number of aryl methyl sites for hydroxylation is 2. The van der Waals surface area contributed by atoms with Gasteiger partial charge >= 0.3 is 6.18 Å². The van der Waals surface area contributed by atoms with Gasteiger partial charge in [-0.1, -0.05) is 12.1 Å². The lowest BCUT2D eigenvalue weighted by Crippen LogP contribution is -2.24. The van der Waals surface area contributed by atoms with Crippen molar-refractivity contribution in [2.45, 2.75) is 19.6 Å². The third-order valence-electron chi connectivity index (χ3n) is 3.81. The van der Waals surface area contributed by atoms with Gasteiger partial charge in [0.2, 0.25) is 0 Å². The van der Waals surface area contributed by atoms with Crippen LogP contribution in [-0.4, -0.2) is 14.3 Å². The van der Waals surface area contributed by atoms with Gasteiger partial charge < -0.3 is 0 Å². The molecule has 2 aromatic heterocycles. The molecule has 2 heterocycles. The second kappa shape index (κ2) is 5.47. The fraction of sp³-hybridized carbons (Fsp3) is 0.250. The molecule has 8 heteroatoms. The largest absolute Gasteiger partial charge is 0.417 e. The molecule has 0 fully saturated rings. The van der Waals surface area contributed by atoms with E-state index in [0.717, 1.165) is 0 Å². The highest BCUT2D eigenvalue weighted by atomic mass is 19.4. The van der Waals surface area contributed by atoms with Gasteiger partial charge in [0.25, 0.3) is 5.56 Å². The maximum atomic E-state index is 13.3. The molecule has 0 aliphatic carbocycles. The van der Waals surface area contributed by atoms with Gasteiger partial charge in [-0.3, -0.25) is 14.0 Å². The van der Waals surface area contributed by atoms with Crippen LogP contribution in [-0.2, 0) is 19.8 Å². The predicted molar refractivity (Wildman–Crippen MR) is 80.2 cm³/mol. The SMILES string of the molecule is Cc1nn(C)c2c1c(C(F)(F)F)cc(=O)n2Cc1ccc(F)cc1. The Morgan fingerprint density at radius 2 is 1.79 bits per heavy atom. The van der Waals surface area contributed by atoms with Crippen LogP contribution in [0.4, 0.5) is 17.6 Å². The molecular weight excluding hydrogens is 326 g/mol. The van der Waals surface area contributed by atoms with E-state index in [1.165, 1.54) is 47.5 Å². The normalized spacial score (nSPS) is 12.1. The molecule has 0 radical (unpaired) electrons. The van der Waals surface area contributed by atoms with Crippen molar-refractivity contribution in [2.24, 2.45) is 7.05 Å². The van der Waals surface area contributed by atoms with Crippen molar-refractivity contribution in [2.75, 3.05) is 0 Å². The number of pyridine rings is 1. The number of hydrogen-bond acceptors (Lipinski definition) is 2. The zero-order chi connectivity index (χ0) is 17.6. The van der Waals surface area contributed by atoms with E-state index in [4.69, 9.17) is 0 Å². The zero-order valence-electron chi connectivity index (χ0n) is 12.9. The van der Waals surface area contributed by atoms with Crippen LogP contribution in [0.1, 0.15) is 16.8 Å². The Labute approximate surface area is 133 Å². The van der Waals surface area contributed by atoms with Crippen molar-refractivity contribution in [3.63, 3.8) is 0 Å². The third kappa shape index (κ3) is 2.68. The Bertz CT molecular complexity index is 968. The number of alkyl halides is 3. The van der Waals surface area contributed by atoms with Crippen LogP contribution in [0.2, 0.25) is 0 Å². The van der Waals surface area contributed by atoms with E-state index < -0.39 is 23.1 Å². The second-order valence-electron chi connectivity index (χ2n) is 5.51. The molecule has 0 bridgehead atoms. The first-order valence-electron chi connectivity index (χ1n) is 7.07. The Balaban J connectivity index is 2.28. The molecule has 0 unspecified atom stereocenters. The fourth-order valence-corrected chi connectivity index (χ4v) is 2.80. The second-order valence-corrected chi connectivity index (χ2v) is 5.51. The average molecular weight is 339 g/mol. The number of aromatic nitrogens is 3. The lowest BCUT2D eigenvalue weighted by Gasteiger charge is -2.13. The molecule has 1 aromatic carbocycles. The molecule has 0 atom stereocenters. The number of benzene rings is 1. The molecule has 3 aromatic rings. The summed E-state index contributed by atoms with van der Waals surface area (Å²) in [6, 6.07) is 6.01. The van der Waals surface area contributed by atoms with Crippen LogP contribution in [0, 0.1) is 12.7 Å². The lowest BCUT2D eigenvalue weighted by molar-refractivity contribution is -0.136. The molecule has 0 saturated heterocycles. The molecule has 0 amide bonds. The number of hydrogen-bond donors (Lipinski definition) is 0. The number of halogens is 4. The Morgan fingerprint density at radius 3 is 2.38 bits per heavy atom. The van der Waals surface area contributed by atoms with Crippen molar-refractivity contribution < 1.29 is 17.6 Å². The highest BCUT2D eigenvalue weighted by molar-refractivity contribution is 5.83. The summed E-state index contributed by atoms with van der Waals surface area (Å²) in [7, 11) is 1.48. The van der Waals surface area contributed by atoms with E-state index in [0.29, 0.717) is 11.6 Å². The first kappa shape index (κ1) is 16.2. The van der Waals surface area contributed by atoms with Crippen molar-refractivity contribution >= 4 is 11.0 Å². The number of fused-ring (bicyclic) bond motifs is 1. The van der Waals surface area contributed by atoms with Crippen molar-refractivity contribution in [3.8, 4) is 0 Å². The zero-order valence-corrected chi connectivity index (χ0v) is 12.9. The van der Waals surface area contributed by atoms with Gasteiger partial charge in [-0.15, -0.1) is 0 Å². The van der Waals surface area contributed by atoms with Crippen molar-refractivity contribution in [1.29, 1.82) is 0 Å².